The van der Waals surface area contributed by atoms with Crippen molar-refractivity contribution in [3.8, 4) is 5.75 Å². The summed E-state index contributed by atoms with van der Waals surface area (Å²) in [7, 11) is 0. The lowest BCUT2D eigenvalue weighted by Crippen LogP contribution is -2.30. The summed E-state index contributed by atoms with van der Waals surface area (Å²) in [6.45, 7) is 1.51. The number of alkyl halides is 3. The molecule has 2 aromatic rings. The van der Waals surface area contributed by atoms with E-state index in [4.69, 9.17) is 4.74 Å². The average Bonchev–Trinajstić information content (AvgIpc) is 2.55. The van der Waals surface area contributed by atoms with E-state index in [9.17, 15) is 22.8 Å². The molecule has 4 nitrogen and oxygen atoms in total. The Balaban J connectivity index is 1.96. The van der Waals surface area contributed by atoms with Crippen LogP contribution in [0.15, 0.2) is 48.5 Å². The van der Waals surface area contributed by atoms with Gasteiger partial charge in [0.15, 0.2) is 6.10 Å². The van der Waals surface area contributed by atoms with Crippen LogP contribution in [0.5, 0.6) is 5.75 Å². The molecule has 0 aliphatic rings. The number of amides is 1. The lowest BCUT2D eigenvalue weighted by atomic mass is 10.2. The molecule has 126 valence electrons. The molecule has 0 aliphatic carbocycles. The summed E-state index contributed by atoms with van der Waals surface area (Å²) in [6.07, 6.45) is -4.61. The van der Waals surface area contributed by atoms with Gasteiger partial charge in [-0.2, -0.15) is 13.2 Å². The molecule has 0 fully saturated rings. The van der Waals surface area contributed by atoms with Gasteiger partial charge in [0.1, 0.15) is 12.0 Å². The number of hydrogen-bond donors (Lipinski definition) is 1. The van der Waals surface area contributed by atoms with Crippen molar-refractivity contribution < 1.29 is 27.5 Å². The molecule has 1 unspecified atom stereocenters. The van der Waals surface area contributed by atoms with E-state index >= 15 is 0 Å². The maximum absolute atomic E-state index is 12.5. The largest absolute Gasteiger partial charge is 0.481 e. The Morgan fingerprint density at radius 3 is 2.17 bits per heavy atom. The summed E-state index contributed by atoms with van der Waals surface area (Å²) in [4.78, 5) is 22.6. The van der Waals surface area contributed by atoms with Gasteiger partial charge in [0.25, 0.3) is 5.91 Å². The minimum Gasteiger partial charge on any atom is -0.481 e. The molecule has 24 heavy (non-hydrogen) atoms. The van der Waals surface area contributed by atoms with Crippen LogP contribution in [0.2, 0.25) is 0 Å². The Hall–Kier alpha value is -2.83. The van der Waals surface area contributed by atoms with Crippen molar-refractivity contribution >= 4 is 17.9 Å². The number of hydrogen-bond acceptors (Lipinski definition) is 3. The number of anilines is 1. The van der Waals surface area contributed by atoms with E-state index in [2.05, 4.69) is 5.32 Å². The monoisotopic (exact) mass is 337 g/mol. The van der Waals surface area contributed by atoms with Gasteiger partial charge in [0, 0.05) is 11.3 Å². The van der Waals surface area contributed by atoms with E-state index in [-0.39, 0.29) is 5.69 Å². The number of aldehydes is 1. The van der Waals surface area contributed by atoms with Crippen LogP contribution in [-0.4, -0.2) is 18.3 Å². The fourth-order valence-electron chi connectivity index (χ4n) is 1.87. The molecule has 0 saturated heterocycles. The molecular formula is C17H14F3NO3. The van der Waals surface area contributed by atoms with E-state index in [0.717, 1.165) is 12.1 Å². The number of carbonyl (C=O) groups is 2. The van der Waals surface area contributed by atoms with Crippen molar-refractivity contribution in [3.63, 3.8) is 0 Å². The Bertz CT molecular complexity index is 709. The van der Waals surface area contributed by atoms with Gasteiger partial charge in [-0.1, -0.05) is 0 Å². The van der Waals surface area contributed by atoms with E-state index in [1.54, 1.807) is 24.3 Å². The van der Waals surface area contributed by atoms with Crippen LogP contribution in [0.25, 0.3) is 0 Å². The Morgan fingerprint density at radius 2 is 1.67 bits per heavy atom. The summed E-state index contributed by atoms with van der Waals surface area (Å²) in [5.41, 5.74) is -0.0796. The van der Waals surface area contributed by atoms with E-state index in [0.29, 0.717) is 17.6 Å². The van der Waals surface area contributed by atoms with Gasteiger partial charge in [0.2, 0.25) is 0 Å². The molecule has 7 heteroatoms. The average molecular weight is 337 g/mol. The van der Waals surface area contributed by atoms with Crippen LogP contribution in [0.4, 0.5) is 18.9 Å². The van der Waals surface area contributed by atoms with Gasteiger partial charge in [-0.15, -0.1) is 0 Å². The Kier molecular flexibility index (Phi) is 5.23. The second-order valence-electron chi connectivity index (χ2n) is 5.01. The number of rotatable bonds is 5. The molecule has 0 aromatic heterocycles. The highest BCUT2D eigenvalue weighted by Gasteiger charge is 2.30. The zero-order valence-corrected chi connectivity index (χ0v) is 12.6. The molecule has 0 saturated carbocycles. The standard InChI is InChI=1S/C17H14F3NO3/c1-11(24-15-8-2-12(10-22)3-9-15)16(23)21-14-6-4-13(5-7-14)17(18,19)20/h2-11H,1H3,(H,21,23). The third kappa shape index (κ3) is 4.58. The first-order valence-corrected chi connectivity index (χ1v) is 6.99. The quantitative estimate of drug-likeness (QED) is 0.841. The zero-order chi connectivity index (χ0) is 17.7. The van der Waals surface area contributed by atoms with E-state index in [1.807, 2.05) is 0 Å². The first-order valence-electron chi connectivity index (χ1n) is 6.99. The Labute approximate surface area is 136 Å². The SMILES string of the molecule is CC(Oc1ccc(C=O)cc1)C(=O)Nc1ccc(C(F)(F)F)cc1. The van der Waals surface area contributed by atoms with Crippen LogP contribution in [0, 0.1) is 0 Å². The summed E-state index contributed by atoms with van der Waals surface area (Å²) in [6, 6.07) is 10.3. The summed E-state index contributed by atoms with van der Waals surface area (Å²) in [5, 5.41) is 2.48. The molecule has 1 amide bonds. The third-order valence-corrected chi connectivity index (χ3v) is 3.18. The minimum atomic E-state index is -4.42. The highest BCUT2D eigenvalue weighted by molar-refractivity contribution is 5.94. The van der Waals surface area contributed by atoms with Crippen molar-refractivity contribution in [3.05, 3.63) is 59.7 Å². The number of carbonyl (C=O) groups excluding carboxylic acids is 2. The molecule has 0 radical (unpaired) electrons. The smallest absolute Gasteiger partial charge is 0.416 e. The molecule has 1 N–H and O–H groups in total. The van der Waals surface area contributed by atoms with Gasteiger partial charge in [-0.05, 0) is 55.5 Å². The summed E-state index contributed by atoms with van der Waals surface area (Å²) >= 11 is 0. The predicted octanol–water partition coefficient (Wildman–Crippen LogP) is 3.92. The van der Waals surface area contributed by atoms with Crippen LogP contribution < -0.4 is 10.1 Å². The molecule has 0 heterocycles. The normalized spacial score (nSPS) is 12.3. The summed E-state index contributed by atoms with van der Waals surface area (Å²) in [5.74, 6) is -0.107. The number of nitrogens with one attached hydrogen (secondary N) is 1. The predicted molar refractivity (Wildman–Crippen MR) is 82.0 cm³/mol. The lowest BCUT2D eigenvalue weighted by molar-refractivity contribution is -0.137. The van der Waals surface area contributed by atoms with Crippen LogP contribution in [-0.2, 0) is 11.0 Å². The molecular weight excluding hydrogens is 323 g/mol. The second kappa shape index (κ2) is 7.16. The fraction of sp³-hybridized carbons (Fsp3) is 0.176. The third-order valence-electron chi connectivity index (χ3n) is 3.18. The van der Waals surface area contributed by atoms with Gasteiger partial charge in [-0.25, -0.2) is 0 Å². The topological polar surface area (TPSA) is 55.4 Å². The summed E-state index contributed by atoms with van der Waals surface area (Å²) < 4.78 is 42.9. The zero-order valence-electron chi connectivity index (χ0n) is 12.6. The van der Waals surface area contributed by atoms with Gasteiger partial charge in [0.05, 0.1) is 5.56 Å². The molecule has 0 spiro atoms. The maximum atomic E-state index is 12.5. The Morgan fingerprint density at radius 1 is 1.08 bits per heavy atom. The first kappa shape index (κ1) is 17.5. The van der Waals surface area contributed by atoms with Gasteiger partial charge < -0.3 is 10.1 Å². The molecule has 1 atom stereocenters. The van der Waals surface area contributed by atoms with Crippen LogP contribution >= 0.6 is 0 Å². The second-order valence-corrected chi connectivity index (χ2v) is 5.01. The molecule has 2 rings (SSSR count). The van der Waals surface area contributed by atoms with E-state index in [1.165, 1.54) is 19.1 Å². The minimum absolute atomic E-state index is 0.236. The van der Waals surface area contributed by atoms with Gasteiger partial charge >= 0.3 is 6.18 Å². The number of benzene rings is 2. The van der Waals surface area contributed by atoms with Crippen molar-refractivity contribution in [2.24, 2.45) is 0 Å². The van der Waals surface area contributed by atoms with Crippen molar-refractivity contribution in [1.29, 1.82) is 0 Å². The fourth-order valence-corrected chi connectivity index (χ4v) is 1.87. The maximum Gasteiger partial charge on any atom is 0.416 e. The van der Waals surface area contributed by atoms with Crippen molar-refractivity contribution in [1.82, 2.24) is 0 Å². The highest BCUT2D eigenvalue weighted by Crippen LogP contribution is 2.29. The number of ether oxygens (including phenoxy) is 1. The first-order chi connectivity index (χ1) is 11.3. The van der Waals surface area contributed by atoms with Crippen LogP contribution in [0.1, 0.15) is 22.8 Å². The molecule has 2 aromatic carbocycles. The number of halogens is 3. The van der Waals surface area contributed by atoms with Gasteiger partial charge in [-0.3, -0.25) is 9.59 Å². The van der Waals surface area contributed by atoms with E-state index < -0.39 is 23.8 Å². The molecule has 0 aliphatic heterocycles. The van der Waals surface area contributed by atoms with Crippen molar-refractivity contribution in [2.75, 3.05) is 5.32 Å². The molecule has 0 bridgehead atoms. The van der Waals surface area contributed by atoms with Crippen LogP contribution in [0.3, 0.4) is 0 Å². The van der Waals surface area contributed by atoms with Crippen molar-refractivity contribution in [2.45, 2.75) is 19.2 Å². The lowest BCUT2D eigenvalue weighted by Gasteiger charge is -2.15. The highest BCUT2D eigenvalue weighted by atomic mass is 19.4.